The summed E-state index contributed by atoms with van der Waals surface area (Å²) in [7, 11) is 0. The van der Waals surface area contributed by atoms with E-state index in [-0.39, 0.29) is 11.5 Å². The molecule has 3 N–H and O–H groups in total. The first-order chi connectivity index (χ1) is 8.68. The summed E-state index contributed by atoms with van der Waals surface area (Å²) < 4.78 is 0. The highest BCUT2D eigenvalue weighted by molar-refractivity contribution is 5.89. The molecule has 96 valence electrons. The Hall–Kier alpha value is -1.62. The van der Waals surface area contributed by atoms with Gasteiger partial charge in [0.1, 0.15) is 5.56 Å². The van der Waals surface area contributed by atoms with Gasteiger partial charge in [0.05, 0.1) is 0 Å². The van der Waals surface area contributed by atoms with Crippen LogP contribution in [-0.2, 0) is 13.1 Å². The number of rotatable bonds is 2. The van der Waals surface area contributed by atoms with Crippen molar-refractivity contribution >= 4 is 5.97 Å². The minimum Gasteiger partial charge on any atom is -0.477 e. The molecule has 0 spiro atoms. The SMILES string of the molecule is O=C(O)c1c(C2CCCC2)c2c([nH]c1=O)CNC2. The van der Waals surface area contributed by atoms with Crippen molar-refractivity contribution < 1.29 is 9.90 Å². The van der Waals surface area contributed by atoms with Crippen LogP contribution in [0.2, 0.25) is 0 Å². The van der Waals surface area contributed by atoms with E-state index in [1.807, 2.05) is 0 Å². The monoisotopic (exact) mass is 248 g/mol. The fraction of sp³-hybridized carbons (Fsp3) is 0.538. The number of aromatic carboxylic acids is 1. The van der Waals surface area contributed by atoms with E-state index < -0.39 is 11.5 Å². The topological polar surface area (TPSA) is 82.2 Å². The molecular weight excluding hydrogens is 232 g/mol. The summed E-state index contributed by atoms with van der Waals surface area (Å²) in [6.07, 6.45) is 4.24. The minimum atomic E-state index is -1.10. The average molecular weight is 248 g/mol. The molecule has 1 saturated carbocycles. The van der Waals surface area contributed by atoms with Crippen LogP contribution in [0.3, 0.4) is 0 Å². The number of carboxylic acid groups (broad SMARTS) is 1. The Labute approximate surface area is 104 Å². The van der Waals surface area contributed by atoms with Crippen LogP contribution in [-0.4, -0.2) is 16.1 Å². The van der Waals surface area contributed by atoms with E-state index in [9.17, 15) is 14.7 Å². The van der Waals surface area contributed by atoms with Gasteiger partial charge in [-0.25, -0.2) is 4.79 Å². The number of aromatic nitrogens is 1. The van der Waals surface area contributed by atoms with Gasteiger partial charge in [-0.15, -0.1) is 0 Å². The van der Waals surface area contributed by atoms with Gasteiger partial charge in [0.2, 0.25) is 0 Å². The van der Waals surface area contributed by atoms with Crippen molar-refractivity contribution in [1.29, 1.82) is 0 Å². The zero-order valence-corrected chi connectivity index (χ0v) is 10.1. The quantitative estimate of drug-likeness (QED) is 0.737. The van der Waals surface area contributed by atoms with E-state index in [0.717, 1.165) is 42.5 Å². The molecule has 0 saturated heterocycles. The zero-order chi connectivity index (χ0) is 12.7. The maximum atomic E-state index is 11.9. The number of aromatic amines is 1. The van der Waals surface area contributed by atoms with Crippen molar-refractivity contribution in [2.75, 3.05) is 0 Å². The van der Waals surface area contributed by atoms with Gasteiger partial charge in [-0.2, -0.15) is 0 Å². The highest BCUT2D eigenvalue weighted by atomic mass is 16.4. The smallest absolute Gasteiger partial charge is 0.341 e. The first-order valence-corrected chi connectivity index (χ1v) is 6.40. The molecule has 2 heterocycles. The van der Waals surface area contributed by atoms with Crippen LogP contribution in [0.25, 0.3) is 0 Å². The van der Waals surface area contributed by atoms with Crippen LogP contribution in [0.1, 0.15) is 58.8 Å². The Morgan fingerprint density at radius 2 is 1.94 bits per heavy atom. The second-order valence-electron chi connectivity index (χ2n) is 5.09. The molecule has 1 fully saturated rings. The summed E-state index contributed by atoms with van der Waals surface area (Å²) in [6, 6.07) is 0. The number of pyridine rings is 1. The zero-order valence-electron chi connectivity index (χ0n) is 10.1. The van der Waals surface area contributed by atoms with Crippen molar-refractivity contribution in [3.05, 3.63) is 32.7 Å². The van der Waals surface area contributed by atoms with E-state index in [0.29, 0.717) is 13.1 Å². The van der Waals surface area contributed by atoms with Gasteiger partial charge in [-0.1, -0.05) is 12.8 Å². The molecule has 5 heteroatoms. The van der Waals surface area contributed by atoms with Crippen LogP contribution in [0.15, 0.2) is 4.79 Å². The summed E-state index contributed by atoms with van der Waals surface area (Å²) in [5.74, 6) is -0.861. The minimum absolute atomic E-state index is 0.0376. The van der Waals surface area contributed by atoms with Gasteiger partial charge < -0.3 is 15.4 Å². The standard InChI is InChI=1S/C13H16N2O3/c16-12-11(13(17)18)10(7-3-1-2-4-7)8-5-14-6-9(8)15-12/h7,14H,1-6H2,(H,15,16)(H,17,18). The Bertz CT molecular complexity index is 556. The molecule has 0 atom stereocenters. The fourth-order valence-electron chi connectivity index (χ4n) is 3.25. The Kier molecular flexibility index (Phi) is 2.70. The second kappa shape index (κ2) is 4.24. The van der Waals surface area contributed by atoms with E-state index in [2.05, 4.69) is 10.3 Å². The second-order valence-corrected chi connectivity index (χ2v) is 5.09. The van der Waals surface area contributed by atoms with E-state index >= 15 is 0 Å². The van der Waals surface area contributed by atoms with Gasteiger partial charge in [0.25, 0.3) is 5.56 Å². The van der Waals surface area contributed by atoms with Crippen molar-refractivity contribution in [3.63, 3.8) is 0 Å². The third-order valence-corrected chi connectivity index (χ3v) is 4.03. The number of fused-ring (bicyclic) bond motifs is 1. The Morgan fingerprint density at radius 3 is 2.61 bits per heavy atom. The van der Waals surface area contributed by atoms with Gasteiger partial charge in [0, 0.05) is 18.8 Å². The van der Waals surface area contributed by atoms with Crippen molar-refractivity contribution in [2.24, 2.45) is 0 Å². The van der Waals surface area contributed by atoms with Crippen molar-refractivity contribution in [3.8, 4) is 0 Å². The predicted molar refractivity (Wildman–Crippen MR) is 65.8 cm³/mol. The molecule has 3 rings (SSSR count). The molecule has 18 heavy (non-hydrogen) atoms. The Balaban J connectivity index is 2.24. The summed E-state index contributed by atoms with van der Waals surface area (Å²) in [6.45, 7) is 1.29. The van der Waals surface area contributed by atoms with Crippen molar-refractivity contribution in [2.45, 2.75) is 44.7 Å². The maximum Gasteiger partial charge on any atom is 0.341 e. The lowest BCUT2D eigenvalue weighted by molar-refractivity contribution is 0.0693. The van der Waals surface area contributed by atoms with E-state index in [4.69, 9.17) is 0 Å². The van der Waals surface area contributed by atoms with E-state index in [1.54, 1.807) is 0 Å². The third kappa shape index (κ3) is 1.66. The first kappa shape index (κ1) is 11.5. The summed E-state index contributed by atoms with van der Waals surface area (Å²) in [5.41, 5.74) is 2.19. The molecule has 0 unspecified atom stereocenters. The molecule has 0 amide bonds. The molecule has 1 aliphatic heterocycles. The lowest BCUT2D eigenvalue weighted by Crippen LogP contribution is -2.24. The van der Waals surface area contributed by atoms with Gasteiger partial charge >= 0.3 is 5.97 Å². The summed E-state index contributed by atoms with van der Waals surface area (Å²) in [4.78, 5) is 26.0. The molecule has 1 aliphatic carbocycles. The van der Waals surface area contributed by atoms with Crippen molar-refractivity contribution in [1.82, 2.24) is 10.3 Å². The lowest BCUT2D eigenvalue weighted by Gasteiger charge is -2.16. The number of carboxylic acids is 1. The largest absolute Gasteiger partial charge is 0.477 e. The third-order valence-electron chi connectivity index (χ3n) is 4.03. The highest BCUT2D eigenvalue weighted by Crippen LogP contribution is 2.38. The van der Waals surface area contributed by atoms with Crippen LogP contribution in [0.4, 0.5) is 0 Å². The number of carbonyl (C=O) groups is 1. The first-order valence-electron chi connectivity index (χ1n) is 6.40. The van der Waals surface area contributed by atoms with Gasteiger partial charge in [-0.3, -0.25) is 4.79 Å². The molecule has 2 aliphatic rings. The molecule has 0 radical (unpaired) electrons. The number of hydrogen-bond donors (Lipinski definition) is 3. The molecule has 5 nitrogen and oxygen atoms in total. The van der Waals surface area contributed by atoms with Gasteiger partial charge in [0.15, 0.2) is 0 Å². The fourth-order valence-corrected chi connectivity index (χ4v) is 3.25. The highest BCUT2D eigenvalue weighted by Gasteiger charge is 2.30. The number of H-pyrrole nitrogens is 1. The predicted octanol–water partition coefficient (Wildman–Crippen LogP) is 1.33. The van der Waals surface area contributed by atoms with E-state index in [1.165, 1.54) is 0 Å². The molecule has 1 aromatic rings. The summed E-state index contributed by atoms with van der Waals surface area (Å²) in [5, 5.41) is 12.5. The molecular formula is C13H16N2O3. The molecule has 0 aromatic carbocycles. The van der Waals surface area contributed by atoms with Gasteiger partial charge in [-0.05, 0) is 29.9 Å². The number of nitrogens with one attached hydrogen (secondary N) is 2. The Morgan fingerprint density at radius 1 is 1.22 bits per heavy atom. The summed E-state index contributed by atoms with van der Waals surface area (Å²) >= 11 is 0. The number of hydrogen-bond acceptors (Lipinski definition) is 3. The van der Waals surface area contributed by atoms with Crippen LogP contribution < -0.4 is 10.9 Å². The lowest BCUT2D eigenvalue weighted by atomic mass is 9.89. The normalized spacial score (nSPS) is 19.1. The van der Waals surface area contributed by atoms with Crippen LogP contribution >= 0.6 is 0 Å². The van der Waals surface area contributed by atoms with Crippen LogP contribution in [0, 0.1) is 0 Å². The van der Waals surface area contributed by atoms with Crippen LogP contribution in [0.5, 0.6) is 0 Å². The molecule has 0 bridgehead atoms. The molecule has 1 aromatic heterocycles. The average Bonchev–Trinajstić information content (AvgIpc) is 2.96. The maximum absolute atomic E-state index is 11.9.